The molecule has 1 amide bonds. The number of nitrogen functional groups attached to an aromatic ring is 1. The third-order valence-electron chi connectivity index (χ3n) is 2.75. The van der Waals surface area contributed by atoms with Crippen LogP contribution in [0.2, 0.25) is 0 Å². The molecular formula is C15H20N4O2. The molecule has 6 heteroatoms. The van der Waals surface area contributed by atoms with Gasteiger partial charge in [0, 0.05) is 26.5 Å². The lowest BCUT2D eigenvalue weighted by Crippen LogP contribution is -2.26. The fourth-order valence-electron chi connectivity index (χ4n) is 1.63. The minimum atomic E-state index is -0.424. The molecule has 0 heterocycles. The van der Waals surface area contributed by atoms with Gasteiger partial charge in [-0.2, -0.15) is 5.26 Å². The number of carbonyl (C=O) groups excluding carboxylic acids is 1. The van der Waals surface area contributed by atoms with Crippen LogP contribution in [0.3, 0.4) is 0 Å². The number of rotatable bonds is 7. The summed E-state index contributed by atoms with van der Waals surface area (Å²) in [5.41, 5.74) is 8.10. The molecule has 1 aromatic carbocycles. The molecule has 0 saturated carbocycles. The van der Waals surface area contributed by atoms with Gasteiger partial charge in [0.05, 0.1) is 11.4 Å². The number of benzene rings is 1. The van der Waals surface area contributed by atoms with E-state index in [-0.39, 0.29) is 5.57 Å². The Balaban J connectivity index is 2.63. The van der Waals surface area contributed by atoms with Crippen molar-refractivity contribution in [1.29, 1.82) is 5.26 Å². The van der Waals surface area contributed by atoms with Crippen LogP contribution >= 0.6 is 0 Å². The number of aryl methyl sites for hydroxylation is 1. The van der Waals surface area contributed by atoms with Gasteiger partial charge in [-0.05, 0) is 31.0 Å². The molecule has 0 aliphatic carbocycles. The van der Waals surface area contributed by atoms with E-state index < -0.39 is 5.91 Å². The molecule has 4 N–H and O–H groups in total. The average molecular weight is 288 g/mol. The molecule has 0 aliphatic heterocycles. The number of hydrogen-bond acceptors (Lipinski definition) is 5. The second-order valence-corrected chi connectivity index (χ2v) is 4.51. The largest absolute Gasteiger partial charge is 0.397 e. The van der Waals surface area contributed by atoms with Gasteiger partial charge in [-0.25, -0.2) is 0 Å². The summed E-state index contributed by atoms with van der Waals surface area (Å²) in [4.78, 5) is 11.8. The maximum Gasteiger partial charge on any atom is 0.263 e. The lowest BCUT2D eigenvalue weighted by Gasteiger charge is -2.07. The predicted molar refractivity (Wildman–Crippen MR) is 82.4 cm³/mol. The van der Waals surface area contributed by atoms with Gasteiger partial charge in [-0.3, -0.25) is 4.79 Å². The molecule has 0 bridgehead atoms. The highest BCUT2D eigenvalue weighted by Gasteiger charge is 2.08. The zero-order valence-electron chi connectivity index (χ0n) is 12.3. The first-order valence-corrected chi connectivity index (χ1v) is 6.58. The highest BCUT2D eigenvalue weighted by molar-refractivity contribution is 5.97. The topological polar surface area (TPSA) is 100 Å². The van der Waals surface area contributed by atoms with Crippen molar-refractivity contribution < 1.29 is 9.53 Å². The highest BCUT2D eigenvalue weighted by Crippen LogP contribution is 2.19. The van der Waals surface area contributed by atoms with E-state index in [0.29, 0.717) is 30.9 Å². The Morgan fingerprint density at radius 1 is 1.52 bits per heavy atom. The molecular weight excluding hydrogens is 268 g/mol. The number of methoxy groups -OCH3 is 1. The van der Waals surface area contributed by atoms with Crippen molar-refractivity contribution in [3.8, 4) is 6.07 Å². The standard InChI is InChI=1S/C15H20N4O2/c1-11-4-5-14(13(17)8-11)19-10-12(9-16)15(20)18-6-3-7-21-2/h4-5,8,10,19H,3,6-7,17H2,1-2H3,(H,18,20)/b12-10-. The molecule has 0 atom stereocenters. The number of ether oxygens (including phenoxy) is 1. The second-order valence-electron chi connectivity index (χ2n) is 4.51. The van der Waals surface area contributed by atoms with Crippen LogP contribution < -0.4 is 16.4 Å². The van der Waals surface area contributed by atoms with Crippen molar-refractivity contribution in [2.75, 3.05) is 31.3 Å². The van der Waals surface area contributed by atoms with E-state index in [2.05, 4.69) is 10.6 Å². The number of nitrogens with two attached hydrogens (primary N) is 1. The second kappa shape index (κ2) is 8.61. The van der Waals surface area contributed by atoms with Crippen molar-refractivity contribution in [3.05, 3.63) is 35.5 Å². The SMILES string of the molecule is COCCCNC(=O)/C(C#N)=C\Nc1ccc(C)cc1N. The number of nitrogens with one attached hydrogen (secondary N) is 2. The van der Waals surface area contributed by atoms with E-state index >= 15 is 0 Å². The van der Waals surface area contributed by atoms with Crippen molar-refractivity contribution in [2.45, 2.75) is 13.3 Å². The fourth-order valence-corrected chi connectivity index (χ4v) is 1.63. The summed E-state index contributed by atoms with van der Waals surface area (Å²) in [6.07, 6.45) is 2.05. The average Bonchev–Trinajstić information content (AvgIpc) is 2.46. The molecule has 0 unspecified atom stereocenters. The molecule has 6 nitrogen and oxygen atoms in total. The number of carbonyl (C=O) groups is 1. The monoisotopic (exact) mass is 288 g/mol. The summed E-state index contributed by atoms with van der Waals surface area (Å²) in [7, 11) is 1.60. The molecule has 0 aromatic heterocycles. The zero-order valence-corrected chi connectivity index (χ0v) is 12.3. The summed E-state index contributed by atoms with van der Waals surface area (Å²) in [5.74, 6) is -0.424. The Bertz CT molecular complexity index is 561. The van der Waals surface area contributed by atoms with E-state index in [1.54, 1.807) is 13.2 Å². The fraction of sp³-hybridized carbons (Fsp3) is 0.333. The van der Waals surface area contributed by atoms with Crippen LogP contribution in [0.1, 0.15) is 12.0 Å². The summed E-state index contributed by atoms with van der Waals surface area (Å²) in [6.45, 7) is 2.95. The third kappa shape index (κ3) is 5.55. The van der Waals surface area contributed by atoms with Gasteiger partial charge < -0.3 is 21.1 Å². The first kappa shape index (κ1) is 16.5. The Morgan fingerprint density at radius 3 is 2.90 bits per heavy atom. The Kier molecular flexibility index (Phi) is 6.78. The van der Waals surface area contributed by atoms with Crippen LogP contribution in [0.5, 0.6) is 0 Å². The smallest absolute Gasteiger partial charge is 0.263 e. The molecule has 0 fully saturated rings. The van der Waals surface area contributed by atoms with Gasteiger partial charge in [0.2, 0.25) is 0 Å². The van der Waals surface area contributed by atoms with Gasteiger partial charge >= 0.3 is 0 Å². The third-order valence-corrected chi connectivity index (χ3v) is 2.75. The van der Waals surface area contributed by atoms with E-state index in [9.17, 15) is 4.79 Å². The number of nitriles is 1. The van der Waals surface area contributed by atoms with E-state index in [1.807, 2.05) is 25.1 Å². The molecule has 0 aliphatic rings. The molecule has 0 spiro atoms. The van der Waals surface area contributed by atoms with Crippen molar-refractivity contribution in [2.24, 2.45) is 0 Å². The quantitative estimate of drug-likeness (QED) is 0.306. The Labute approximate surface area is 124 Å². The van der Waals surface area contributed by atoms with Crippen LogP contribution in [0.25, 0.3) is 0 Å². The molecule has 1 rings (SSSR count). The zero-order chi connectivity index (χ0) is 15.7. The summed E-state index contributed by atoms with van der Waals surface area (Å²) < 4.78 is 4.88. The number of amides is 1. The Hall–Kier alpha value is -2.52. The van der Waals surface area contributed by atoms with Crippen molar-refractivity contribution in [3.63, 3.8) is 0 Å². The van der Waals surface area contributed by atoms with E-state index in [0.717, 1.165) is 5.56 Å². The maximum atomic E-state index is 11.8. The molecule has 0 saturated heterocycles. The van der Waals surface area contributed by atoms with Crippen LogP contribution in [0, 0.1) is 18.3 Å². The van der Waals surface area contributed by atoms with Crippen LogP contribution in [-0.2, 0) is 9.53 Å². The normalized spacial score (nSPS) is 10.8. The minimum Gasteiger partial charge on any atom is -0.397 e. The summed E-state index contributed by atoms with van der Waals surface area (Å²) in [5, 5.41) is 14.5. The molecule has 21 heavy (non-hydrogen) atoms. The van der Waals surface area contributed by atoms with Crippen LogP contribution in [0.15, 0.2) is 30.0 Å². The summed E-state index contributed by atoms with van der Waals surface area (Å²) in [6, 6.07) is 7.36. The van der Waals surface area contributed by atoms with Gasteiger partial charge in [0.1, 0.15) is 11.6 Å². The number of hydrogen-bond donors (Lipinski definition) is 3. The summed E-state index contributed by atoms with van der Waals surface area (Å²) >= 11 is 0. The van der Waals surface area contributed by atoms with Gasteiger partial charge in [-0.1, -0.05) is 6.07 Å². The van der Waals surface area contributed by atoms with E-state index in [4.69, 9.17) is 15.7 Å². The molecule has 0 radical (unpaired) electrons. The van der Waals surface area contributed by atoms with Crippen LogP contribution in [-0.4, -0.2) is 26.2 Å². The Morgan fingerprint density at radius 2 is 2.29 bits per heavy atom. The van der Waals surface area contributed by atoms with Gasteiger partial charge in [-0.15, -0.1) is 0 Å². The first-order chi connectivity index (χ1) is 10.1. The first-order valence-electron chi connectivity index (χ1n) is 6.58. The molecule has 112 valence electrons. The highest BCUT2D eigenvalue weighted by atomic mass is 16.5. The van der Waals surface area contributed by atoms with E-state index in [1.165, 1.54) is 6.20 Å². The van der Waals surface area contributed by atoms with Crippen molar-refractivity contribution >= 4 is 17.3 Å². The lowest BCUT2D eigenvalue weighted by atomic mass is 10.2. The predicted octanol–water partition coefficient (Wildman–Crippen LogP) is 1.55. The van der Waals surface area contributed by atoms with Crippen molar-refractivity contribution in [1.82, 2.24) is 5.32 Å². The lowest BCUT2D eigenvalue weighted by molar-refractivity contribution is -0.117. The van der Waals surface area contributed by atoms with Crippen LogP contribution in [0.4, 0.5) is 11.4 Å². The number of nitrogens with zero attached hydrogens (tertiary/aromatic N) is 1. The number of anilines is 2. The molecule has 1 aromatic rings. The minimum absolute atomic E-state index is 0.00704. The van der Waals surface area contributed by atoms with Gasteiger partial charge in [0.15, 0.2) is 0 Å². The maximum absolute atomic E-state index is 11.8. The van der Waals surface area contributed by atoms with Gasteiger partial charge in [0.25, 0.3) is 5.91 Å².